The lowest BCUT2D eigenvalue weighted by atomic mass is 10.1. The smallest absolute Gasteiger partial charge is 0.341 e. The topological polar surface area (TPSA) is 93.0 Å². The number of esters is 1. The fourth-order valence-corrected chi connectivity index (χ4v) is 3.44. The molecule has 0 aromatic heterocycles. The number of anilines is 2. The minimum absolute atomic E-state index is 0.0590. The molecule has 2 aromatic carbocycles. The number of nitro benzene ring substituents is 1. The highest BCUT2D eigenvalue weighted by atomic mass is 19.1. The van der Waals surface area contributed by atoms with Crippen molar-refractivity contribution in [1.29, 1.82) is 0 Å². The quantitative estimate of drug-likeness (QED) is 0.390. The van der Waals surface area contributed by atoms with E-state index in [0.29, 0.717) is 17.9 Å². The van der Waals surface area contributed by atoms with Gasteiger partial charge in [-0.25, -0.2) is 9.18 Å². The van der Waals surface area contributed by atoms with E-state index in [1.54, 1.807) is 13.0 Å². The molecule has 0 spiro atoms. The fourth-order valence-electron chi connectivity index (χ4n) is 3.44. The van der Waals surface area contributed by atoms with Crippen molar-refractivity contribution in [3.63, 3.8) is 0 Å². The lowest BCUT2D eigenvalue weighted by Crippen LogP contribution is -2.34. The van der Waals surface area contributed by atoms with Crippen LogP contribution in [0, 0.1) is 15.9 Å². The van der Waals surface area contributed by atoms with Crippen molar-refractivity contribution >= 4 is 28.9 Å². The monoisotopic (exact) mass is 415 g/mol. The van der Waals surface area contributed by atoms with Crippen LogP contribution >= 0.6 is 0 Å². The minimum Gasteiger partial charge on any atom is -0.452 e. The number of ether oxygens (including phenoxy) is 1. The summed E-state index contributed by atoms with van der Waals surface area (Å²) in [4.78, 5) is 39.1. The number of carbonyl (C=O) groups is 2. The van der Waals surface area contributed by atoms with E-state index in [1.165, 1.54) is 41.3 Å². The van der Waals surface area contributed by atoms with Crippen LogP contribution in [-0.2, 0) is 9.53 Å². The van der Waals surface area contributed by atoms with Gasteiger partial charge in [-0.15, -0.1) is 0 Å². The molecule has 1 heterocycles. The van der Waals surface area contributed by atoms with Gasteiger partial charge in [0.15, 0.2) is 6.61 Å². The van der Waals surface area contributed by atoms with Crippen molar-refractivity contribution < 1.29 is 23.6 Å². The number of hydrogen-bond acceptors (Lipinski definition) is 6. The van der Waals surface area contributed by atoms with E-state index in [2.05, 4.69) is 0 Å². The third-order valence-electron chi connectivity index (χ3n) is 4.94. The Morgan fingerprint density at radius 2 is 1.83 bits per heavy atom. The molecule has 0 unspecified atom stereocenters. The van der Waals surface area contributed by atoms with Crippen LogP contribution in [-0.4, -0.2) is 43.0 Å². The zero-order valence-electron chi connectivity index (χ0n) is 16.5. The van der Waals surface area contributed by atoms with E-state index in [4.69, 9.17) is 4.74 Å². The number of nitrogens with zero attached hydrogens (tertiary/aromatic N) is 3. The summed E-state index contributed by atoms with van der Waals surface area (Å²) in [6, 6.07) is 9.47. The normalized spacial score (nSPS) is 13.2. The zero-order chi connectivity index (χ0) is 21.7. The molecular formula is C21H22FN3O5. The molecule has 8 nitrogen and oxygen atoms in total. The summed E-state index contributed by atoms with van der Waals surface area (Å²) in [5, 5.41) is 11.1. The second kappa shape index (κ2) is 9.34. The Morgan fingerprint density at radius 3 is 2.43 bits per heavy atom. The molecule has 0 radical (unpaired) electrons. The van der Waals surface area contributed by atoms with E-state index in [0.717, 1.165) is 25.9 Å². The van der Waals surface area contributed by atoms with Gasteiger partial charge < -0.3 is 14.5 Å². The number of benzene rings is 2. The van der Waals surface area contributed by atoms with E-state index in [-0.39, 0.29) is 11.3 Å². The summed E-state index contributed by atoms with van der Waals surface area (Å²) in [7, 11) is 0. The van der Waals surface area contributed by atoms with Gasteiger partial charge in [0.05, 0.1) is 16.2 Å². The first-order valence-electron chi connectivity index (χ1n) is 9.67. The third kappa shape index (κ3) is 4.73. The number of carbonyl (C=O) groups excluding carboxylic acids is 2. The van der Waals surface area contributed by atoms with Gasteiger partial charge in [0, 0.05) is 37.5 Å². The van der Waals surface area contributed by atoms with Crippen LogP contribution in [0.25, 0.3) is 0 Å². The van der Waals surface area contributed by atoms with Crippen LogP contribution in [0.3, 0.4) is 0 Å². The van der Waals surface area contributed by atoms with Crippen LogP contribution in [0.15, 0.2) is 42.5 Å². The first kappa shape index (κ1) is 21.2. The number of nitro groups is 1. The van der Waals surface area contributed by atoms with Crippen molar-refractivity contribution in [2.24, 2.45) is 0 Å². The maximum Gasteiger partial charge on any atom is 0.341 e. The van der Waals surface area contributed by atoms with Crippen molar-refractivity contribution in [2.45, 2.75) is 19.8 Å². The highest BCUT2D eigenvalue weighted by Crippen LogP contribution is 2.29. The molecule has 1 amide bonds. The van der Waals surface area contributed by atoms with Gasteiger partial charge in [-0.1, -0.05) is 0 Å². The van der Waals surface area contributed by atoms with Crippen LogP contribution < -0.4 is 9.80 Å². The molecular weight excluding hydrogens is 393 g/mol. The third-order valence-corrected chi connectivity index (χ3v) is 4.94. The molecule has 0 saturated carbocycles. The Kier molecular flexibility index (Phi) is 6.61. The summed E-state index contributed by atoms with van der Waals surface area (Å²) in [5.74, 6) is -1.71. The van der Waals surface area contributed by atoms with E-state index in [9.17, 15) is 24.1 Å². The second-order valence-electron chi connectivity index (χ2n) is 6.84. The molecule has 1 saturated heterocycles. The van der Waals surface area contributed by atoms with Crippen molar-refractivity contribution in [1.82, 2.24) is 0 Å². The Balaban J connectivity index is 1.76. The zero-order valence-corrected chi connectivity index (χ0v) is 16.5. The average Bonchev–Trinajstić information content (AvgIpc) is 3.28. The molecule has 0 atom stereocenters. The average molecular weight is 415 g/mol. The van der Waals surface area contributed by atoms with Gasteiger partial charge in [0.2, 0.25) is 0 Å². The number of halogens is 1. The first-order chi connectivity index (χ1) is 14.4. The summed E-state index contributed by atoms with van der Waals surface area (Å²) < 4.78 is 18.3. The van der Waals surface area contributed by atoms with Crippen LogP contribution in [0.1, 0.15) is 30.1 Å². The summed E-state index contributed by atoms with van der Waals surface area (Å²) >= 11 is 0. The number of hydrogen-bond donors (Lipinski definition) is 0. The molecule has 0 bridgehead atoms. The number of amides is 1. The Labute approximate surface area is 173 Å². The predicted octanol–water partition coefficient (Wildman–Crippen LogP) is 3.54. The fraction of sp³-hybridized carbons (Fsp3) is 0.333. The molecule has 0 aliphatic carbocycles. The lowest BCUT2D eigenvalue weighted by molar-refractivity contribution is -0.384. The van der Waals surface area contributed by atoms with Gasteiger partial charge in [-0.3, -0.25) is 14.9 Å². The van der Waals surface area contributed by atoms with Gasteiger partial charge in [-0.2, -0.15) is 0 Å². The van der Waals surface area contributed by atoms with Crippen molar-refractivity contribution in [2.75, 3.05) is 36.0 Å². The van der Waals surface area contributed by atoms with Crippen LogP contribution in [0.5, 0.6) is 0 Å². The summed E-state index contributed by atoms with van der Waals surface area (Å²) in [5.41, 5.74) is 0.871. The minimum atomic E-state index is -0.802. The van der Waals surface area contributed by atoms with E-state index < -0.39 is 29.2 Å². The van der Waals surface area contributed by atoms with Crippen molar-refractivity contribution in [3.8, 4) is 0 Å². The number of likely N-dealkylation sites (N-methyl/N-ethyl adjacent to an activating group) is 1. The molecule has 158 valence electrons. The van der Waals surface area contributed by atoms with Gasteiger partial charge in [0.1, 0.15) is 5.82 Å². The van der Waals surface area contributed by atoms with Crippen LogP contribution in [0.4, 0.5) is 21.5 Å². The molecule has 2 aromatic rings. The number of non-ortho nitro benzene ring substituents is 1. The summed E-state index contributed by atoms with van der Waals surface area (Å²) in [6.45, 7) is 3.00. The maximum absolute atomic E-state index is 13.1. The second-order valence-corrected chi connectivity index (χ2v) is 6.84. The molecule has 0 N–H and O–H groups in total. The molecule has 30 heavy (non-hydrogen) atoms. The van der Waals surface area contributed by atoms with Crippen molar-refractivity contribution in [3.05, 3.63) is 64.0 Å². The lowest BCUT2D eigenvalue weighted by Gasteiger charge is -2.22. The standard InChI is InChI=1S/C21H22FN3O5/c1-2-24(16-7-5-15(22)6-8-16)20(26)14-30-21(27)18-13-17(25(28)29)9-10-19(18)23-11-3-4-12-23/h5-10,13H,2-4,11-12,14H2,1H3. The first-order valence-corrected chi connectivity index (χ1v) is 9.67. The largest absolute Gasteiger partial charge is 0.452 e. The SMILES string of the molecule is CCN(C(=O)COC(=O)c1cc([N+](=O)[O-])ccc1N1CCCC1)c1ccc(F)cc1. The molecule has 1 fully saturated rings. The summed E-state index contributed by atoms with van der Waals surface area (Å²) in [6.07, 6.45) is 1.93. The van der Waals surface area contributed by atoms with Gasteiger partial charge in [-0.05, 0) is 50.1 Å². The van der Waals surface area contributed by atoms with E-state index in [1.807, 2.05) is 4.90 Å². The number of rotatable bonds is 7. The Hall–Kier alpha value is -3.49. The molecule has 1 aliphatic heterocycles. The van der Waals surface area contributed by atoms with Gasteiger partial charge in [0.25, 0.3) is 11.6 Å². The highest BCUT2D eigenvalue weighted by molar-refractivity contribution is 6.00. The Bertz CT molecular complexity index is 942. The molecule has 1 aliphatic rings. The highest BCUT2D eigenvalue weighted by Gasteiger charge is 2.25. The van der Waals surface area contributed by atoms with Gasteiger partial charge >= 0.3 is 5.97 Å². The molecule has 3 rings (SSSR count). The molecule has 9 heteroatoms. The van der Waals surface area contributed by atoms with Crippen LogP contribution in [0.2, 0.25) is 0 Å². The maximum atomic E-state index is 13.1. The Morgan fingerprint density at radius 1 is 1.17 bits per heavy atom. The predicted molar refractivity (Wildman–Crippen MR) is 109 cm³/mol. The van der Waals surface area contributed by atoms with E-state index >= 15 is 0 Å².